The Bertz CT molecular complexity index is 1380. The van der Waals surface area contributed by atoms with E-state index < -0.39 is 0 Å². The van der Waals surface area contributed by atoms with Gasteiger partial charge in [-0.1, -0.05) is 42.7 Å². The Morgan fingerprint density at radius 2 is 1.74 bits per heavy atom. The van der Waals surface area contributed by atoms with E-state index in [1.807, 2.05) is 36.5 Å². The van der Waals surface area contributed by atoms with Gasteiger partial charge >= 0.3 is 0 Å². The van der Waals surface area contributed by atoms with Crippen LogP contribution in [-0.4, -0.2) is 59.3 Å². The van der Waals surface area contributed by atoms with Crippen LogP contribution < -0.4 is 10.6 Å². The third-order valence-corrected chi connectivity index (χ3v) is 8.35. The number of imidazole rings is 1. The minimum absolute atomic E-state index is 0.0263. The van der Waals surface area contributed by atoms with Gasteiger partial charge in [0, 0.05) is 42.0 Å². The number of carbonyl (C=O) groups excluding carboxylic acids is 2. The van der Waals surface area contributed by atoms with E-state index in [4.69, 9.17) is 4.98 Å². The lowest BCUT2D eigenvalue weighted by Crippen LogP contribution is -2.53. The predicted molar refractivity (Wildman–Crippen MR) is 141 cm³/mol. The van der Waals surface area contributed by atoms with Crippen LogP contribution in [0.3, 0.4) is 0 Å². The Morgan fingerprint density at radius 1 is 1.03 bits per heavy atom. The molecular formula is C27H31N5O2S. The van der Waals surface area contributed by atoms with Crippen molar-refractivity contribution in [3.8, 4) is 11.3 Å². The van der Waals surface area contributed by atoms with E-state index in [0.29, 0.717) is 17.7 Å². The summed E-state index contributed by atoms with van der Waals surface area (Å²) in [5, 5.41) is 5.84. The molecule has 0 bridgehead atoms. The minimum atomic E-state index is -0.108. The summed E-state index contributed by atoms with van der Waals surface area (Å²) in [7, 11) is 5.86. The van der Waals surface area contributed by atoms with Crippen LogP contribution in [0.25, 0.3) is 26.4 Å². The van der Waals surface area contributed by atoms with E-state index in [0.717, 1.165) is 39.3 Å². The van der Waals surface area contributed by atoms with Crippen LogP contribution in [0.5, 0.6) is 0 Å². The van der Waals surface area contributed by atoms with Crippen molar-refractivity contribution >= 4 is 38.3 Å². The third kappa shape index (κ3) is 4.44. The number of hydrogen-bond donors (Lipinski definition) is 2. The largest absolute Gasteiger partial charge is 0.355 e. The Hall–Kier alpha value is -3.23. The maximum atomic E-state index is 13.0. The zero-order valence-corrected chi connectivity index (χ0v) is 21.2. The van der Waals surface area contributed by atoms with Gasteiger partial charge in [0.2, 0.25) is 0 Å². The summed E-state index contributed by atoms with van der Waals surface area (Å²) >= 11 is 1.57. The summed E-state index contributed by atoms with van der Waals surface area (Å²) in [6, 6.07) is 13.3. The molecule has 182 valence electrons. The smallest absolute Gasteiger partial charge is 0.251 e. The van der Waals surface area contributed by atoms with Gasteiger partial charge in [0.05, 0.1) is 15.9 Å². The number of nitrogens with one attached hydrogen (secondary N) is 2. The Kier molecular flexibility index (Phi) is 6.34. The summed E-state index contributed by atoms with van der Waals surface area (Å²) in [6.07, 6.45) is 7.97. The van der Waals surface area contributed by atoms with Crippen molar-refractivity contribution in [3.05, 3.63) is 59.8 Å². The molecular weight excluding hydrogens is 458 g/mol. The number of fused-ring (bicyclic) bond motifs is 3. The molecule has 0 atom stereocenters. The predicted octanol–water partition coefficient (Wildman–Crippen LogP) is 4.57. The number of nitrogens with zero attached hydrogens (tertiary/aromatic N) is 3. The molecule has 35 heavy (non-hydrogen) atoms. The van der Waals surface area contributed by atoms with Gasteiger partial charge in [-0.15, -0.1) is 0 Å². The zero-order valence-electron chi connectivity index (χ0n) is 20.4. The Morgan fingerprint density at radius 3 is 2.43 bits per heavy atom. The van der Waals surface area contributed by atoms with E-state index in [1.165, 1.54) is 19.3 Å². The summed E-state index contributed by atoms with van der Waals surface area (Å²) in [5.41, 5.74) is 4.18. The molecule has 0 unspecified atom stereocenters. The first-order chi connectivity index (χ1) is 16.9. The summed E-state index contributed by atoms with van der Waals surface area (Å²) in [6.45, 7) is 0.673. The van der Waals surface area contributed by atoms with Crippen molar-refractivity contribution < 1.29 is 9.59 Å². The SMILES string of the molecule is CNC(=O)c1ccc(-c2cn3c(n2)sc2cc(C(=O)NCC4(N(C)C)CCCCC4)ccc23)cc1. The van der Waals surface area contributed by atoms with Crippen molar-refractivity contribution in [1.82, 2.24) is 24.9 Å². The number of hydrogen-bond acceptors (Lipinski definition) is 5. The van der Waals surface area contributed by atoms with Crippen LogP contribution in [0, 0.1) is 0 Å². The molecule has 2 heterocycles. The second-order valence-electron chi connectivity index (χ2n) is 9.58. The molecule has 0 aliphatic heterocycles. The topological polar surface area (TPSA) is 78.7 Å². The van der Waals surface area contributed by atoms with Crippen LogP contribution in [0.15, 0.2) is 48.7 Å². The lowest BCUT2D eigenvalue weighted by Gasteiger charge is -2.43. The van der Waals surface area contributed by atoms with Crippen molar-refractivity contribution in [2.45, 2.75) is 37.6 Å². The molecule has 1 fully saturated rings. The highest BCUT2D eigenvalue weighted by Gasteiger charge is 2.34. The average molecular weight is 490 g/mol. The molecule has 8 heteroatoms. The monoisotopic (exact) mass is 489 g/mol. The van der Waals surface area contributed by atoms with Gasteiger partial charge in [0.15, 0.2) is 4.96 Å². The van der Waals surface area contributed by atoms with Crippen molar-refractivity contribution in [2.24, 2.45) is 0 Å². The minimum Gasteiger partial charge on any atom is -0.355 e. The number of carbonyl (C=O) groups is 2. The van der Waals surface area contributed by atoms with Crippen molar-refractivity contribution in [2.75, 3.05) is 27.7 Å². The molecule has 2 aromatic heterocycles. The number of aromatic nitrogens is 2. The summed E-state index contributed by atoms with van der Waals surface area (Å²) < 4.78 is 3.09. The molecule has 0 spiro atoms. The van der Waals surface area contributed by atoms with E-state index in [1.54, 1.807) is 30.5 Å². The van der Waals surface area contributed by atoms with Gasteiger partial charge in [-0.05, 0) is 57.3 Å². The number of thiazole rings is 1. The first-order valence-corrected chi connectivity index (χ1v) is 12.9. The Labute approximate surface area is 209 Å². The second-order valence-corrected chi connectivity index (χ2v) is 10.6. The standard InChI is InChI=1S/C27H31N5O2S/c1-28-24(33)19-9-7-18(8-10-19)21-16-32-22-12-11-20(15-23(22)35-26(32)30-21)25(34)29-17-27(31(2)3)13-5-4-6-14-27/h7-12,15-16H,4-6,13-14,17H2,1-3H3,(H,28,33)(H,29,34). The molecule has 2 amide bonds. The normalized spacial score (nSPS) is 15.5. The van der Waals surface area contributed by atoms with Gasteiger partial charge in [0.25, 0.3) is 11.8 Å². The highest BCUT2D eigenvalue weighted by molar-refractivity contribution is 7.23. The molecule has 0 saturated heterocycles. The zero-order chi connectivity index (χ0) is 24.6. The van der Waals surface area contributed by atoms with Crippen molar-refractivity contribution in [1.29, 1.82) is 0 Å². The van der Waals surface area contributed by atoms with Gasteiger partial charge in [0.1, 0.15) is 0 Å². The number of benzene rings is 2. The van der Waals surface area contributed by atoms with E-state index in [2.05, 4.69) is 34.0 Å². The van der Waals surface area contributed by atoms with Crippen LogP contribution in [0.4, 0.5) is 0 Å². The average Bonchev–Trinajstić information content (AvgIpc) is 3.45. The fourth-order valence-electron chi connectivity index (χ4n) is 5.06. The van der Waals surface area contributed by atoms with Gasteiger partial charge in [-0.2, -0.15) is 0 Å². The first-order valence-electron chi connectivity index (χ1n) is 12.1. The van der Waals surface area contributed by atoms with E-state index >= 15 is 0 Å². The van der Waals surface area contributed by atoms with Crippen LogP contribution >= 0.6 is 11.3 Å². The molecule has 4 aromatic rings. The Balaban J connectivity index is 1.35. The fourth-order valence-corrected chi connectivity index (χ4v) is 6.10. The van der Waals surface area contributed by atoms with Crippen LogP contribution in [-0.2, 0) is 0 Å². The van der Waals surface area contributed by atoms with E-state index in [9.17, 15) is 9.59 Å². The van der Waals surface area contributed by atoms with Crippen LogP contribution in [0.2, 0.25) is 0 Å². The molecule has 1 aliphatic rings. The maximum absolute atomic E-state index is 13.0. The highest BCUT2D eigenvalue weighted by Crippen LogP contribution is 2.32. The second kappa shape index (κ2) is 9.43. The fraction of sp³-hybridized carbons (Fsp3) is 0.370. The third-order valence-electron chi connectivity index (χ3n) is 7.34. The molecule has 1 saturated carbocycles. The lowest BCUT2D eigenvalue weighted by molar-refractivity contribution is 0.0799. The summed E-state index contributed by atoms with van der Waals surface area (Å²) in [5.74, 6) is -0.134. The lowest BCUT2D eigenvalue weighted by atomic mass is 9.80. The molecule has 0 radical (unpaired) electrons. The quantitative estimate of drug-likeness (QED) is 0.416. The number of rotatable bonds is 6. The molecule has 7 nitrogen and oxygen atoms in total. The van der Waals surface area contributed by atoms with Crippen molar-refractivity contribution in [3.63, 3.8) is 0 Å². The van der Waals surface area contributed by atoms with Gasteiger partial charge < -0.3 is 15.5 Å². The number of likely N-dealkylation sites (N-methyl/N-ethyl adjacent to an activating group) is 1. The van der Waals surface area contributed by atoms with Gasteiger partial charge in [-0.3, -0.25) is 14.0 Å². The molecule has 5 rings (SSSR count). The first kappa shape index (κ1) is 23.5. The van der Waals surface area contributed by atoms with E-state index in [-0.39, 0.29) is 17.4 Å². The maximum Gasteiger partial charge on any atom is 0.251 e. The van der Waals surface area contributed by atoms with Crippen LogP contribution in [0.1, 0.15) is 52.8 Å². The molecule has 2 N–H and O–H groups in total. The number of amides is 2. The molecule has 2 aromatic carbocycles. The van der Waals surface area contributed by atoms with Gasteiger partial charge in [-0.25, -0.2) is 4.98 Å². The molecule has 1 aliphatic carbocycles. The summed E-state index contributed by atoms with van der Waals surface area (Å²) in [4.78, 5) is 32.7. The highest BCUT2D eigenvalue weighted by atomic mass is 32.1.